The molecule has 0 aromatic heterocycles. The number of rotatable bonds is 5. The zero-order chi connectivity index (χ0) is 18.5. The summed E-state index contributed by atoms with van der Waals surface area (Å²) < 4.78 is 3.08. The number of carboxylic acid groups (broad SMARTS) is 1. The third-order valence-electron chi connectivity index (χ3n) is 3.67. The van der Waals surface area contributed by atoms with Crippen molar-refractivity contribution in [2.75, 3.05) is 4.72 Å². The molecule has 0 saturated heterocycles. The van der Waals surface area contributed by atoms with Crippen molar-refractivity contribution in [2.45, 2.75) is 4.90 Å². The van der Waals surface area contributed by atoms with Gasteiger partial charge >= 0.3 is 5.97 Å². The first-order chi connectivity index (χ1) is 12.6. The largest absolute Gasteiger partial charge is 0.507 e. The van der Waals surface area contributed by atoms with Crippen molar-refractivity contribution in [1.29, 1.82) is 5.26 Å². The lowest BCUT2D eigenvalue weighted by atomic mass is 10.0. The lowest BCUT2D eigenvalue weighted by Crippen LogP contribution is -1.97. The molecule has 0 aliphatic rings. The number of hydrogen-bond acceptors (Lipinski definition) is 5. The summed E-state index contributed by atoms with van der Waals surface area (Å²) in [5, 5.41) is 27.7. The molecule has 0 amide bonds. The van der Waals surface area contributed by atoms with Crippen LogP contribution in [-0.4, -0.2) is 16.2 Å². The van der Waals surface area contributed by atoms with Gasteiger partial charge in [-0.3, -0.25) is 0 Å². The van der Waals surface area contributed by atoms with E-state index in [2.05, 4.69) is 10.8 Å². The first-order valence-corrected chi connectivity index (χ1v) is 8.48. The second-order valence-electron chi connectivity index (χ2n) is 5.46. The van der Waals surface area contributed by atoms with Crippen LogP contribution >= 0.6 is 11.9 Å². The van der Waals surface area contributed by atoms with Crippen LogP contribution in [0.1, 0.15) is 15.9 Å². The molecule has 26 heavy (non-hydrogen) atoms. The van der Waals surface area contributed by atoms with E-state index in [4.69, 9.17) is 10.4 Å². The van der Waals surface area contributed by atoms with Crippen LogP contribution in [0.3, 0.4) is 0 Å². The molecule has 0 saturated carbocycles. The number of nitrogens with one attached hydrogen (secondary N) is 1. The molecule has 3 rings (SSSR count). The van der Waals surface area contributed by atoms with E-state index in [1.807, 2.05) is 42.5 Å². The van der Waals surface area contributed by atoms with Gasteiger partial charge in [0.05, 0.1) is 11.6 Å². The standard InChI is InChI=1S/C20H14N2O3S/c21-12-13-3-1-4-14(9-13)15-5-2-6-17(10-15)26-22-16-7-8-18(20(24)25)19(23)11-16/h1-11,22-23H,(H,24,25). The quantitative estimate of drug-likeness (QED) is 0.567. The first kappa shape index (κ1) is 17.4. The predicted molar refractivity (Wildman–Crippen MR) is 101 cm³/mol. The van der Waals surface area contributed by atoms with E-state index in [1.165, 1.54) is 24.1 Å². The van der Waals surface area contributed by atoms with Gasteiger partial charge in [-0.2, -0.15) is 5.26 Å². The number of nitriles is 1. The fourth-order valence-electron chi connectivity index (χ4n) is 2.40. The summed E-state index contributed by atoms with van der Waals surface area (Å²) in [6, 6.07) is 21.6. The molecular weight excluding hydrogens is 348 g/mol. The number of carboxylic acids is 1. The Morgan fingerprint density at radius 2 is 1.73 bits per heavy atom. The number of anilines is 1. The van der Waals surface area contributed by atoms with Crippen molar-refractivity contribution in [3.8, 4) is 22.9 Å². The molecule has 0 aliphatic heterocycles. The van der Waals surface area contributed by atoms with Crippen molar-refractivity contribution in [3.63, 3.8) is 0 Å². The third-order valence-corrected chi connectivity index (χ3v) is 4.50. The highest BCUT2D eigenvalue weighted by Crippen LogP contribution is 2.29. The van der Waals surface area contributed by atoms with Crippen LogP contribution in [-0.2, 0) is 0 Å². The van der Waals surface area contributed by atoms with Gasteiger partial charge in [0.1, 0.15) is 11.3 Å². The molecule has 3 N–H and O–H groups in total. The van der Waals surface area contributed by atoms with Gasteiger partial charge in [-0.05, 0) is 59.5 Å². The molecular formula is C20H14N2O3S. The molecule has 0 radical (unpaired) electrons. The topological polar surface area (TPSA) is 93.4 Å². The number of phenols is 1. The van der Waals surface area contributed by atoms with E-state index in [9.17, 15) is 9.90 Å². The lowest BCUT2D eigenvalue weighted by Gasteiger charge is -2.09. The lowest BCUT2D eigenvalue weighted by molar-refractivity contribution is 0.0694. The average molecular weight is 362 g/mol. The van der Waals surface area contributed by atoms with Crippen LogP contribution in [0.2, 0.25) is 0 Å². The SMILES string of the molecule is N#Cc1cccc(-c2cccc(SNc3ccc(C(=O)O)c(O)c3)c2)c1. The van der Waals surface area contributed by atoms with E-state index in [1.54, 1.807) is 12.1 Å². The van der Waals surface area contributed by atoms with Crippen LogP contribution in [0, 0.1) is 11.3 Å². The Morgan fingerprint density at radius 1 is 1.00 bits per heavy atom. The molecule has 0 unspecified atom stereocenters. The van der Waals surface area contributed by atoms with Crippen LogP contribution in [0.25, 0.3) is 11.1 Å². The van der Waals surface area contributed by atoms with Gasteiger partial charge in [-0.1, -0.05) is 24.3 Å². The maximum absolute atomic E-state index is 10.9. The summed E-state index contributed by atoms with van der Waals surface area (Å²) in [6.45, 7) is 0. The second-order valence-corrected chi connectivity index (χ2v) is 6.34. The molecule has 0 spiro atoms. The van der Waals surface area contributed by atoms with E-state index in [-0.39, 0.29) is 11.3 Å². The highest BCUT2D eigenvalue weighted by atomic mass is 32.2. The summed E-state index contributed by atoms with van der Waals surface area (Å²) in [5.41, 5.74) is 3.00. The van der Waals surface area contributed by atoms with Crippen molar-refractivity contribution >= 4 is 23.6 Å². The molecule has 0 fully saturated rings. The molecule has 3 aromatic rings. The summed E-state index contributed by atoms with van der Waals surface area (Å²) in [7, 11) is 0. The molecule has 0 atom stereocenters. The fourth-order valence-corrected chi connectivity index (χ4v) is 3.10. The third kappa shape index (κ3) is 3.97. The fraction of sp³-hybridized carbons (Fsp3) is 0. The van der Waals surface area contributed by atoms with Crippen molar-refractivity contribution in [1.82, 2.24) is 0 Å². The Hall–Kier alpha value is -3.43. The maximum atomic E-state index is 10.9. The van der Waals surface area contributed by atoms with Crippen LogP contribution < -0.4 is 4.72 Å². The maximum Gasteiger partial charge on any atom is 0.339 e. The first-order valence-electron chi connectivity index (χ1n) is 7.66. The van der Waals surface area contributed by atoms with Gasteiger partial charge in [0, 0.05) is 16.6 Å². The van der Waals surface area contributed by atoms with E-state index >= 15 is 0 Å². The van der Waals surface area contributed by atoms with Crippen molar-refractivity contribution in [2.24, 2.45) is 0 Å². The minimum absolute atomic E-state index is 0.139. The zero-order valence-electron chi connectivity index (χ0n) is 13.5. The molecule has 3 aromatic carbocycles. The van der Waals surface area contributed by atoms with Crippen LogP contribution in [0.4, 0.5) is 5.69 Å². The van der Waals surface area contributed by atoms with Gasteiger partial charge in [-0.15, -0.1) is 0 Å². The molecule has 0 heterocycles. The van der Waals surface area contributed by atoms with Crippen LogP contribution in [0.15, 0.2) is 71.6 Å². The Balaban J connectivity index is 1.76. The van der Waals surface area contributed by atoms with Gasteiger partial charge in [0.15, 0.2) is 0 Å². The average Bonchev–Trinajstić information content (AvgIpc) is 2.66. The number of nitrogens with zero attached hydrogens (tertiary/aromatic N) is 1. The summed E-state index contributed by atoms with van der Waals surface area (Å²) >= 11 is 1.34. The summed E-state index contributed by atoms with van der Waals surface area (Å²) in [6.07, 6.45) is 0. The second kappa shape index (κ2) is 7.64. The zero-order valence-corrected chi connectivity index (χ0v) is 14.3. The van der Waals surface area contributed by atoms with E-state index in [0.29, 0.717) is 11.3 Å². The molecule has 6 heteroatoms. The summed E-state index contributed by atoms with van der Waals surface area (Å²) in [4.78, 5) is 11.9. The predicted octanol–water partition coefficient (Wildman–Crippen LogP) is 4.75. The molecule has 0 aliphatic carbocycles. The Kier molecular flexibility index (Phi) is 5.11. The van der Waals surface area contributed by atoms with E-state index < -0.39 is 5.97 Å². The van der Waals surface area contributed by atoms with Gasteiger partial charge in [0.25, 0.3) is 0 Å². The van der Waals surface area contributed by atoms with Gasteiger partial charge in [0.2, 0.25) is 0 Å². The van der Waals surface area contributed by atoms with Crippen molar-refractivity contribution < 1.29 is 15.0 Å². The Morgan fingerprint density at radius 3 is 2.42 bits per heavy atom. The number of hydrogen-bond donors (Lipinski definition) is 3. The highest BCUT2D eigenvalue weighted by Gasteiger charge is 2.09. The smallest absolute Gasteiger partial charge is 0.339 e. The Labute approximate surface area is 154 Å². The van der Waals surface area contributed by atoms with Crippen molar-refractivity contribution in [3.05, 3.63) is 77.9 Å². The minimum atomic E-state index is -1.17. The number of carbonyl (C=O) groups is 1. The number of aromatic hydroxyl groups is 1. The van der Waals surface area contributed by atoms with Gasteiger partial charge in [-0.25, -0.2) is 4.79 Å². The Bertz CT molecular complexity index is 1010. The minimum Gasteiger partial charge on any atom is -0.507 e. The van der Waals surface area contributed by atoms with E-state index in [0.717, 1.165) is 16.0 Å². The molecule has 5 nitrogen and oxygen atoms in total. The highest BCUT2D eigenvalue weighted by molar-refractivity contribution is 8.00. The monoisotopic (exact) mass is 362 g/mol. The number of aromatic carboxylic acids is 1. The summed E-state index contributed by atoms with van der Waals surface area (Å²) in [5.74, 6) is -1.46. The van der Waals surface area contributed by atoms with Crippen LogP contribution in [0.5, 0.6) is 5.75 Å². The number of benzene rings is 3. The molecule has 0 bridgehead atoms. The normalized spacial score (nSPS) is 10.1. The molecule has 128 valence electrons. The van der Waals surface area contributed by atoms with Gasteiger partial charge < -0.3 is 14.9 Å².